The van der Waals surface area contributed by atoms with E-state index in [1.807, 2.05) is 0 Å². The number of allylic oxidation sites excluding steroid dienone is 2. The molecule has 0 saturated carbocycles. The first kappa shape index (κ1) is 19.2. The summed E-state index contributed by atoms with van der Waals surface area (Å²) in [4.78, 5) is 10.3. The minimum absolute atomic E-state index is 0.339. The molecule has 0 aliphatic carbocycles. The maximum absolute atomic E-state index is 10.3. The number of carboxylic acids is 1. The van der Waals surface area contributed by atoms with Crippen LogP contribution in [0.3, 0.4) is 0 Å². The van der Waals surface area contributed by atoms with Crippen LogP contribution in [0.15, 0.2) is 12.2 Å². The van der Waals surface area contributed by atoms with Crippen LogP contribution in [0.25, 0.3) is 0 Å². The lowest BCUT2D eigenvalue weighted by Gasteiger charge is -2.01. The fraction of sp³-hybridized carbons (Fsp3) is 0.833. The summed E-state index contributed by atoms with van der Waals surface area (Å²) in [5.41, 5.74) is 0. The molecule has 0 amide bonds. The lowest BCUT2D eigenvalue weighted by molar-refractivity contribution is -0.137. The topological polar surface area (TPSA) is 37.3 Å². The highest BCUT2D eigenvalue weighted by atomic mass is 16.4. The molecule has 0 fully saturated rings. The van der Waals surface area contributed by atoms with Gasteiger partial charge in [-0.1, -0.05) is 76.9 Å². The third kappa shape index (κ3) is 17.2. The van der Waals surface area contributed by atoms with E-state index in [0.717, 1.165) is 12.8 Å². The Kier molecular flexibility index (Phi) is 15.6. The summed E-state index contributed by atoms with van der Waals surface area (Å²) in [5, 5.41) is 8.51. The maximum Gasteiger partial charge on any atom is 0.303 e. The molecule has 1 N–H and O–H groups in total. The zero-order chi connectivity index (χ0) is 14.9. The first-order valence-corrected chi connectivity index (χ1v) is 8.64. The van der Waals surface area contributed by atoms with Crippen molar-refractivity contribution in [1.29, 1.82) is 0 Å². The normalized spacial score (nSPS) is 11.2. The molecule has 2 heteroatoms. The first-order valence-electron chi connectivity index (χ1n) is 8.64. The molecule has 0 rings (SSSR count). The third-order valence-electron chi connectivity index (χ3n) is 3.65. The van der Waals surface area contributed by atoms with Crippen molar-refractivity contribution in [2.75, 3.05) is 0 Å². The summed E-state index contributed by atoms with van der Waals surface area (Å²) in [6.45, 7) is 2.24. The van der Waals surface area contributed by atoms with E-state index in [9.17, 15) is 4.79 Å². The molecular weight excluding hydrogens is 248 g/mol. The van der Waals surface area contributed by atoms with Gasteiger partial charge in [0.05, 0.1) is 0 Å². The molecule has 0 radical (unpaired) electrons. The Morgan fingerprint density at radius 3 is 1.70 bits per heavy atom. The van der Waals surface area contributed by atoms with E-state index in [-0.39, 0.29) is 0 Å². The summed E-state index contributed by atoms with van der Waals surface area (Å²) >= 11 is 0. The second kappa shape index (κ2) is 16.3. The molecule has 0 aliphatic heterocycles. The smallest absolute Gasteiger partial charge is 0.303 e. The highest BCUT2D eigenvalue weighted by Crippen LogP contribution is 2.11. The average Bonchev–Trinajstić information content (AvgIpc) is 2.43. The molecule has 0 aromatic carbocycles. The van der Waals surface area contributed by atoms with Gasteiger partial charge in [0.15, 0.2) is 0 Å². The molecule has 0 unspecified atom stereocenters. The van der Waals surface area contributed by atoms with Gasteiger partial charge in [-0.05, 0) is 25.7 Å². The molecule has 0 bridgehead atoms. The van der Waals surface area contributed by atoms with Crippen molar-refractivity contribution in [3.05, 3.63) is 12.2 Å². The van der Waals surface area contributed by atoms with E-state index >= 15 is 0 Å². The van der Waals surface area contributed by atoms with Crippen LogP contribution < -0.4 is 0 Å². The van der Waals surface area contributed by atoms with E-state index in [4.69, 9.17) is 5.11 Å². The van der Waals surface area contributed by atoms with Gasteiger partial charge in [0.2, 0.25) is 0 Å². The van der Waals surface area contributed by atoms with Crippen molar-refractivity contribution in [2.45, 2.75) is 96.8 Å². The molecule has 118 valence electrons. The van der Waals surface area contributed by atoms with Crippen LogP contribution in [0.4, 0.5) is 0 Å². The average molecular weight is 282 g/mol. The minimum Gasteiger partial charge on any atom is -0.481 e. The van der Waals surface area contributed by atoms with Gasteiger partial charge >= 0.3 is 5.97 Å². The van der Waals surface area contributed by atoms with Gasteiger partial charge < -0.3 is 5.11 Å². The molecule has 0 aromatic heterocycles. The quantitative estimate of drug-likeness (QED) is 0.291. The van der Waals surface area contributed by atoms with Crippen LogP contribution >= 0.6 is 0 Å². The van der Waals surface area contributed by atoms with Crippen molar-refractivity contribution in [3.63, 3.8) is 0 Å². The first-order chi connectivity index (χ1) is 9.77. The Morgan fingerprint density at radius 2 is 1.20 bits per heavy atom. The van der Waals surface area contributed by atoms with Crippen LogP contribution in [0.5, 0.6) is 0 Å². The summed E-state index contributed by atoms with van der Waals surface area (Å²) < 4.78 is 0. The zero-order valence-electron chi connectivity index (χ0n) is 13.4. The molecule has 0 aliphatic rings. The molecule has 0 heterocycles. The van der Waals surface area contributed by atoms with Gasteiger partial charge in [0.1, 0.15) is 0 Å². The fourth-order valence-corrected chi connectivity index (χ4v) is 2.33. The van der Waals surface area contributed by atoms with E-state index < -0.39 is 5.97 Å². The SMILES string of the molecule is CCCCC=CCCCCCCCCCCCC(=O)O. The summed E-state index contributed by atoms with van der Waals surface area (Å²) in [7, 11) is 0. The Balaban J connectivity index is 3.02. The molecule has 0 saturated heterocycles. The summed E-state index contributed by atoms with van der Waals surface area (Å²) in [5.74, 6) is -0.659. The van der Waals surface area contributed by atoms with Crippen molar-refractivity contribution >= 4 is 5.97 Å². The molecule has 0 aromatic rings. The molecule has 20 heavy (non-hydrogen) atoms. The molecule has 0 spiro atoms. The van der Waals surface area contributed by atoms with Gasteiger partial charge in [-0.3, -0.25) is 4.79 Å². The van der Waals surface area contributed by atoms with Crippen molar-refractivity contribution in [3.8, 4) is 0 Å². The van der Waals surface area contributed by atoms with Gasteiger partial charge in [-0.15, -0.1) is 0 Å². The van der Waals surface area contributed by atoms with Crippen LogP contribution in [-0.4, -0.2) is 11.1 Å². The minimum atomic E-state index is -0.659. The molecular formula is C18H34O2. The Bertz CT molecular complexity index is 234. The monoisotopic (exact) mass is 282 g/mol. The van der Waals surface area contributed by atoms with Gasteiger partial charge in [0, 0.05) is 6.42 Å². The maximum atomic E-state index is 10.3. The van der Waals surface area contributed by atoms with Crippen molar-refractivity contribution in [2.24, 2.45) is 0 Å². The number of carbonyl (C=O) groups is 1. The third-order valence-corrected chi connectivity index (χ3v) is 3.65. The van der Waals surface area contributed by atoms with E-state index in [1.54, 1.807) is 0 Å². The van der Waals surface area contributed by atoms with E-state index in [0.29, 0.717) is 6.42 Å². The molecule has 2 nitrogen and oxygen atoms in total. The number of hydrogen-bond donors (Lipinski definition) is 1. The highest BCUT2D eigenvalue weighted by molar-refractivity contribution is 5.66. The molecule has 0 atom stereocenters. The summed E-state index contributed by atoms with van der Waals surface area (Å²) in [6.07, 6.45) is 21.2. The van der Waals surface area contributed by atoms with Crippen LogP contribution in [0.1, 0.15) is 96.8 Å². The predicted octanol–water partition coefficient (Wildman–Crippen LogP) is 6.11. The lowest BCUT2D eigenvalue weighted by atomic mass is 10.1. The van der Waals surface area contributed by atoms with E-state index in [2.05, 4.69) is 19.1 Å². The second-order valence-corrected chi connectivity index (χ2v) is 5.73. The van der Waals surface area contributed by atoms with Crippen molar-refractivity contribution < 1.29 is 9.90 Å². The van der Waals surface area contributed by atoms with Crippen molar-refractivity contribution in [1.82, 2.24) is 0 Å². The highest BCUT2D eigenvalue weighted by Gasteiger charge is 1.96. The van der Waals surface area contributed by atoms with Gasteiger partial charge in [0.25, 0.3) is 0 Å². The Labute approximate surface area is 125 Å². The second-order valence-electron chi connectivity index (χ2n) is 5.73. The Morgan fingerprint density at radius 1 is 0.750 bits per heavy atom. The summed E-state index contributed by atoms with van der Waals surface area (Å²) in [6, 6.07) is 0. The number of unbranched alkanes of at least 4 members (excludes halogenated alkanes) is 11. The fourth-order valence-electron chi connectivity index (χ4n) is 2.33. The Hall–Kier alpha value is -0.790. The van der Waals surface area contributed by atoms with Crippen LogP contribution in [0, 0.1) is 0 Å². The van der Waals surface area contributed by atoms with E-state index in [1.165, 1.54) is 70.6 Å². The van der Waals surface area contributed by atoms with Crippen LogP contribution in [-0.2, 0) is 4.79 Å². The number of carboxylic acid groups (broad SMARTS) is 1. The van der Waals surface area contributed by atoms with Crippen LogP contribution in [0.2, 0.25) is 0 Å². The van der Waals surface area contributed by atoms with Gasteiger partial charge in [-0.2, -0.15) is 0 Å². The largest absolute Gasteiger partial charge is 0.481 e. The predicted molar refractivity (Wildman–Crippen MR) is 87.1 cm³/mol. The zero-order valence-corrected chi connectivity index (χ0v) is 13.4. The number of aliphatic carboxylic acids is 1. The standard InChI is InChI=1S/C18H34O2/c1-2-3-4-5-6-7-8-9-10-11-12-13-14-15-16-17-18(19)20/h5-6H,2-4,7-17H2,1H3,(H,19,20). The number of rotatable bonds is 15. The number of hydrogen-bond acceptors (Lipinski definition) is 1. The lowest BCUT2D eigenvalue weighted by Crippen LogP contribution is -1.93. The van der Waals surface area contributed by atoms with Gasteiger partial charge in [-0.25, -0.2) is 0 Å².